The van der Waals surface area contributed by atoms with Crippen molar-refractivity contribution in [2.75, 3.05) is 26.4 Å². The Labute approximate surface area is 601 Å². The van der Waals surface area contributed by atoms with Crippen molar-refractivity contribution in [1.29, 1.82) is 0 Å². The molecule has 0 spiro atoms. The third kappa shape index (κ3) is 32.8. The van der Waals surface area contributed by atoms with Crippen LogP contribution in [-0.2, 0) is 59.1 Å². The molecule has 8 fully saturated rings. The number of carboxylic acid groups (broad SMARTS) is 1. The lowest BCUT2D eigenvalue weighted by molar-refractivity contribution is -0.164. The lowest BCUT2D eigenvalue weighted by Crippen LogP contribution is -2.38. The number of ether oxygens (including phenoxy) is 5. The van der Waals surface area contributed by atoms with Crippen LogP contribution in [0.4, 0.5) is 0 Å². The number of aliphatic carboxylic acids is 1. The zero-order valence-corrected chi connectivity index (χ0v) is 63.1. The highest BCUT2D eigenvalue weighted by molar-refractivity contribution is 5.75. The lowest BCUT2D eigenvalue weighted by Gasteiger charge is -2.39. The first-order valence-electron chi connectivity index (χ1n) is 39.6. The van der Waals surface area contributed by atoms with Crippen molar-refractivity contribution < 1.29 is 93.3 Å². The minimum absolute atomic E-state index is 0.0298. The number of aliphatic hydroxyl groups excluding tert-OH is 7. The second-order valence-corrected chi connectivity index (χ2v) is 32.2. The maximum atomic E-state index is 12.2. The molecule has 0 heterocycles. The lowest BCUT2D eigenvalue weighted by atomic mass is 9.71. The van der Waals surface area contributed by atoms with Gasteiger partial charge in [0.2, 0.25) is 0 Å². The van der Waals surface area contributed by atoms with Crippen LogP contribution in [0.15, 0.2) is 24.3 Å². The number of aliphatic hydroxyl groups is 7. The Hall–Kier alpha value is -4.24. The summed E-state index contributed by atoms with van der Waals surface area (Å²) in [6.07, 6.45) is 30.2. The first-order valence-corrected chi connectivity index (χ1v) is 39.6. The molecule has 0 aromatic heterocycles. The number of unbranched alkanes of at least 4 members (excludes halogenated alkanes) is 1. The first-order chi connectivity index (χ1) is 47.7. The molecule has 100 heavy (non-hydrogen) atoms. The number of rotatable bonds is 21. The van der Waals surface area contributed by atoms with Gasteiger partial charge in [-0.25, -0.2) is 0 Å². The molecule has 1 aromatic carbocycles. The third-order valence-corrected chi connectivity index (χ3v) is 22.5. The van der Waals surface area contributed by atoms with Gasteiger partial charge in [0.05, 0.1) is 92.0 Å². The number of esters is 5. The Morgan fingerprint density at radius 1 is 0.500 bits per heavy atom. The van der Waals surface area contributed by atoms with Crippen LogP contribution in [0.25, 0.3) is 0 Å². The van der Waals surface area contributed by atoms with E-state index < -0.39 is 48.5 Å². The van der Waals surface area contributed by atoms with Gasteiger partial charge in [-0.1, -0.05) is 183 Å². The van der Waals surface area contributed by atoms with E-state index in [1.807, 2.05) is 12.1 Å². The maximum Gasteiger partial charge on any atom is 0.311 e. The Morgan fingerprint density at radius 2 is 0.900 bits per heavy atom. The predicted molar refractivity (Wildman–Crippen MR) is 386 cm³/mol. The van der Waals surface area contributed by atoms with E-state index in [0.29, 0.717) is 75.6 Å². The van der Waals surface area contributed by atoms with Crippen molar-refractivity contribution in [2.45, 2.75) is 342 Å². The zero-order chi connectivity index (χ0) is 73.7. The minimum Gasteiger partial charge on any atom is -0.481 e. The molecule has 19 heteroatoms. The molecule has 8 aliphatic carbocycles. The smallest absolute Gasteiger partial charge is 0.311 e. The van der Waals surface area contributed by atoms with E-state index in [9.17, 15) is 54.3 Å². The molecule has 0 saturated heterocycles. The standard InChI is InChI=1S/C17H30O3.C17H24O3.C16H28O3.C15H28O3.C9H16O4.C7H12O3/c2*1-12(2)14-9-7-13(8-10-14)11-20-17(19)15-5-3-4-6-16(15)18;1-11-8-12(10-16(2,3)9-11)19-15(18)13-6-4-5-7-14(13)17;1-3-5-8-12(4-2)11-18-15(17)13-9-6-7-10-14(13)16;10-5-6-13-9(12)7-3-1-2-4-8(7)11;8-6-4-2-1-3-5(6)7(9)10/h12-16,18H,3-11H2,1-2H3;7-10,12,15-16,18H,3-6,11H2,1-2H3;11-14,17H,4-10H2,1-3H3;12-14,16H,3-11H2,1-2H3;7-8,10-11H,1-6H2;5-6,8H,1-4H2,(H,9,10). The van der Waals surface area contributed by atoms with Crippen LogP contribution in [0.3, 0.4) is 0 Å². The summed E-state index contributed by atoms with van der Waals surface area (Å²) in [7, 11) is 0. The molecule has 576 valence electrons. The topological polar surface area (TPSA) is 310 Å². The Morgan fingerprint density at radius 3 is 1.27 bits per heavy atom. The zero-order valence-electron chi connectivity index (χ0n) is 63.1. The fraction of sp³-hybridized carbons (Fsp3) is 0.852. The van der Waals surface area contributed by atoms with Gasteiger partial charge in [-0.3, -0.25) is 28.8 Å². The molecule has 9 rings (SSSR count). The summed E-state index contributed by atoms with van der Waals surface area (Å²) in [6, 6.07) is 8.15. The summed E-state index contributed by atoms with van der Waals surface area (Å²) in [5.74, 6) is -0.287. The van der Waals surface area contributed by atoms with Crippen molar-refractivity contribution in [3.8, 4) is 0 Å². The molecule has 0 radical (unpaired) electrons. The summed E-state index contributed by atoms with van der Waals surface area (Å²) < 4.78 is 26.7. The van der Waals surface area contributed by atoms with Crippen molar-refractivity contribution >= 4 is 35.8 Å². The highest BCUT2D eigenvalue weighted by atomic mass is 16.6. The summed E-state index contributed by atoms with van der Waals surface area (Å²) in [5.41, 5.74) is 2.53. The molecular formula is C81H138O19. The molecule has 0 amide bonds. The molecule has 19 nitrogen and oxygen atoms in total. The van der Waals surface area contributed by atoms with E-state index in [0.717, 1.165) is 165 Å². The quantitative estimate of drug-likeness (QED) is 0.0419. The van der Waals surface area contributed by atoms with Crippen LogP contribution < -0.4 is 0 Å². The Balaban J connectivity index is 0.000000258. The fourth-order valence-corrected chi connectivity index (χ4v) is 16.0. The largest absolute Gasteiger partial charge is 0.481 e. The van der Waals surface area contributed by atoms with E-state index in [2.05, 4.69) is 74.4 Å². The predicted octanol–water partition coefficient (Wildman–Crippen LogP) is 14.2. The monoisotopic (exact) mass is 1410 g/mol. The molecule has 8 N–H and O–H groups in total. The van der Waals surface area contributed by atoms with Gasteiger partial charge < -0.3 is 64.5 Å². The van der Waals surface area contributed by atoms with E-state index in [4.69, 9.17) is 39.0 Å². The van der Waals surface area contributed by atoms with Gasteiger partial charge in [-0.05, 0) is 180 Å². The van der Waals surface area contributed by atoms with Crippen LogP contribution in [0.2, 0.25) is 0 Å². The van der Waals surface area contributed by atoms with Gasteiger partial charge in [0.1, 0.15) is 19.3 Å². The van der Waals surface area contributed by atoms with Crippen molar-refractivity contribution in [3.05, 3.63) is 35.4 Å². The van der Waals surface area contributed by atoms with Crippen molar-refractivity contribution in [2.24, 2.45) is 70.5 Å². The van der Waals surface area contributed by atoms with Crippen molar-refractivity contribution in [3.63, 3.8) is 0 Å². The van der Waals surface area contributed by atoms with Crippen LogP contribution >= 0.6 is 0 Å². The molecule has 8 saturated carbocycles. The average Bonchev–Trinajstić information content (AvgIpc) is 0.845. The number of benzene rings is 1. The highest BCUT2D eigenvalue weighted by Crippen LogP contribution is 2.41. The van der Waals surface area contributed by atoms with Crippen LogP contribution in [0, 0.1) is 70.5 Å². The minimum atomic E-state index is -0.854. The Bertz CT molecular complexity index is 2440. The number of carbonyl (C=O) groups is 6. The molecule has 15 unspecified atom stereocenters. The van der Waals surface area contributed by atoms with Gasteiger partial charge in [0.25, 0.3) is 0 Å². The van der Waals surface area contributed by atoms with Crippen molar-refractivity contribution in [1.82, 2.24) is 0 Å². The molecule has 0 bridgehead atoms. The number of hydrogen-bond acceptors (Lipinski definition) is 18. The van der Waals surface area contributed by atoms with Gasteiger partial charge in [0, 0.05) is 0 Å². The van der Waals surface area contributed by atoms with E-state index in [1.165, 1.54) is 50.5 Å². The summed E-state index contributed by atoms with van der Waals surface area (Å²) in [5, 5.41) is 75.1. The van der Waals surface area contributed by atoms with E-state index >= 15 is 0 Å². The fourth-order valence-electron chi connectivity index (χ4n) is 16.0. The molecule has 0 aliphatic heterocycles. The van der Waals surface area contributed by atoms with Gasteiger partial charge in [-0.15, -0.1) is 0 Å². The highest BCUT2D eigenvalue weighted by Gasteiger charge is 2.39. The normalized spacial score (nSPS) is 30.6. The van der Waals surface area contributed by atoms with Crippen LogP contribution in [0.1, 0.15) is 304 Å². The summed E-state index contributed by atoms with van der Waals surface area (Å²) in [4.78, 5) is 69.8. The Kier molecular flexibility index (Phi) is 42.3. The molecule has 15 atom stereocenters. The second-order valence-electron chi connectivity index (χ2n) is 32.2. The van der Waals surface area contributed by atoms with Crippen LogP contribution in [-0.4, -0.2) is 146 Å². The molecule has 8 aliphatic rings. The number of carbonyl (C=O) groups excluding carboxylic acids is 5. The van der Waals surface area contributed by atoms with Crippen LogP contribution in [0.5, 0.6) is 0 Å². The molecular weight excluding hydrogens is 1280 g/mol. The third-order valence-electron chi connectivity index (χ3n) is 22.5. The summed E-state index contributed by atoms with van der Waals surface area (Å²) in [6.45, 7) is 21.2. The SMILES string of the molecule is CC(C)C1CCC(COC(=O)C2CCCCC2O)CC1.CC(C)c1ccc(COC(=O)C2CCCCC2O)cc1.CC1CC(OC(=O)C2CCCCC2O)CC(C)(C)C1.CCCCC(CC)COC(=O)C1CCCCC1O.O=C(O)C1CCCCC1O.O=C(OCCO)C1CCCCC1O. The number of carboxylic acids is 1. The second kappa shape index (κ2) is 48.0. The number of hydrogen-bond donors (Lipinski definition) is 8. The van der Waals surface area contributed by atoms with Gasteiger partial charge in [0.15, 0.2) is 0 Å². The average molecular weight is 1420 g/mol. The van der Waals surface area contributed by atoms with Gasteiger partial charge >= 0.3 is 35.8 Å². The summed E-state index contributed by atoms with van der Waals surface area (Å²) >= 11 is 0. The molecule has 1 aromatic rings. The van der Waals surface area contributed by atoms with E-state index in [1.54, 1.807) is 0 Å². The van der Waals surface area contributed by atoms with Gasteiger partial charge in [-0.2, -0.15) is 0 Å². The maximum absolute atomic E-state index is 12.2. The van der Waals surface area contributed by atoms with E-state index in [-0.39, 0.29) is 84.2 Å². The first kappa shape index (κ1) is 88.2.